The Kier molecular flexibility index (Phi) is 4.95. The van der Waals surface area contributed by atoms with Gasteiger partial charge in [0.05, 0.1) is 0 Å². The summed E-state index contributed by atoms with van der Waals surface area (Å²) in [6, 6.07) is 0. The summed E-state index contributed by atoms with van der Waals surface area (Å²) >= 11 is 0. The van der Waals surface area contributed by atoms with E-state index in [-0.39, 0.29) is 17.1 Å². The Bertz CT molecular complexity index is 23.6. The van der Waals surface area contributed by atoms with Crippen LogP contribution in [-0.4, -0.2) is 30.3 Å². The molecule has 2 heteroatoms. The fourth-order valence-electron chi connectivity index (χ4n) is 0.687. The van der Waals surface area contributed by atoms with E-state index in [1.54, 1.807) is 0 Å². The number of hydrogen-bond acceptors (Lipinski definition) is 1. The second kappa shape index (κ2) is 4.63. The minimum absolute atomic E-state index is 0. The van der Waals surface area contributed by atoms with Crippen LogP contribution in [0.2, 0.25) is 0 Å². The van der Waals surface area contributed by atoms with Crippen molar-refractivity contribution in [1.29, 1.82) is 0 Å². The average Bonchev–Trinajstić information content (AvgIpc) is 1.72. The molecule has 0 unspecified atom stereocenters. The smallest absolute Gasteiger partial charge is 0.0466 e. The van der Waals surface area contributed by atoms with Crippen molar-refractivity contribution >= 4 is 17.1 Å². The molecular weight excluding hydrogens is 155 g/mol. The zero-order valence-electron chi connectivity index (χ0n) is 4.35. The van der Waals surface area contributed by atoms with Crippen LogP contribution in [0, 0.1) is 0 Å². The predicted octanol–water partition coefficient (Wildman–Crippen LogP) is 0.806. The Morgan fingerprint density at radius 2 is 1.43 bits per heavy atom. The van der Waals surface area contributed by atoms with Crippen LogP contribution in [-0.2, 0) is 4.74 Å². The molecule has 0 bridgehead atoms. The van der Waals surface area contributed by atoms with E-state index >= 15 is 0 Å². The van der Waals surface area contributed by atoms with Gasteiger partial charge in [0.25, 0.3) is 0 Å². The Morgan fingerprint density at radius 1 is 0.857 bits per heavy atom. The van der Waals surface area contributed by atoms with E-state index in [0.29, 0.717) is 0 Å². The van der Waals surface area contributed by atoms with Gasteiger partial charge in [-0.15, -0.1) is 0 Å². The molecule has 1 saturated heterocycles. The zero-order valence-corrected chi connectivity index (χ0v) is 6.07. The van der Waals surface area contributed by atoms with Crippen LogP contribution in [0.1, 0.15) is 19.3 Å². The molecule has 1 rings (SSSR count). The van der Waals surface area contributed by atoms with E-state index < -0.39 is 0 Å². The SMILES string of the molecule is C1CCOCC1.[Se]. The normalized spacial score (nSPS) is 20.6. The van der Waals surface area contributed by atoms with E-state index in [2.05, 4.69) is 0 Å². The monoisotopic (exact) mass is 166 g/mol. The molecule has 0 saturated carbocycles. The second-order valence-corrected chi connectivity index (χ2v) is 1.67. The Hall–Kier alpha value is 0.479. The van der Waals surface area contributed by atoms with Gasteiger partial charge in [0, 0.05) is 30.3 Å². The van der Waals surface area contributed by atoms with Crippen LogP contribution < -0.4 is 0 Å². The molecule has 0 atom stereocenters. The van der Waals surface area contributed by atoms with E-state index in [9.17, 15) is 0 Å². The maximum atomic E-state index is 5.07. The first-order valence-corrected chi connectivity index (χ1v) is 2.58. The van der Waals surface area contributed by atoms with E-state index in [1.165, 1.54) is 19.3 Å². The van der Waals surface area contributed by atoms with Gasteiger partial charge in [-0.3, -0.25) is 0 Å². The molecule has 42 valence electrons. The zero-order chi connectivity index (χ0) is 4.24. The van der Waals surface area contributed by atoms with Gasteiger partial charge in [0.1, 0.15) is 0 Å². The minimum Gasteiger partial charge on any atom is -0.381 e. The van der Waals surface area contributed by atoms with Crippen molar-refractivity contribution in [1.82, 2.24) is 0 Å². The summed E-state index contributed by atoms with van der Waals surface area (Å²) in [5, 5.41) is 0. The van der Waals surface area contributed by atoms with Gasteiger partial charge in [-0.1, -0.05) is 0 Å². The van der Waals surface area contributed by atoms with Gasteiger partial charge in [-0.05, 0) is 19.3 Å². The minimum atomic E-state index is 0. The Labute approximate surface area is 54.9 Å². The first-order valence-electron chi connectivity index (χ1n) is 2.58. The molecular formula is C5H10OSe. The molecule has 1 fully saturated rings. The first-order chi connectivity index (χ1) is 3.00. The van der Waals surface area contributed by atoms with Crippen LogP contribution >= 0.6 is 0 Å². The molecule has 0 amide bonds. The topological polar surface area (TPSA) is 9.23 Å². The summed E-state index contributed by atoms with van der Waals surface area (Å²) in [5.41, 5.74) is 0. The standard InChI is InChI=1S/C5H10O.Se/c1-2-4-6-5-3-1;/h1-5H2;. The van der Waals surface area contributed by atoms with Crippen LogP contribution in [0.15, 0.2) is 0 Å². The molecule has 0 aromatic carbocycles. The number of ether oxygens (including phenoxy) is 1. The molecule has 0 N–H and O–H groups in total. The second-order valence-electron chi connectivity index (χ2n) is 1.67. The summed E-state index contributed by atoms with van der Waals surface area (Å²) < 4.78 is 5.07. The Morgan fingerprint density at radius 3 is 1.57 bits per heavy atom. The van der Waals surface area contributed by atoms with Gasteiger partial charge in [-0.2, -0.15) is 0 Å². The van der Waals surface area contributed by atoms with Gasteiger partial charge in [0.15, 0.2) is 0 Å². The third-order valence-corrected chi connectivity index (χ3v) is 1.08. The summed E-state index contributed by atoms with van der Waals surface area (Å²) in [6.45, 7) is 2.00. The van der Waals surface area contributed by atoms with Crippen molar-refractivity contribution in [2.45, 2.75) is 19.3 Å². The third-order valence-electron chi connectivity index (χ3n) is 1.08. The van der Waals surface area contributed by atoms with Crippen LogP contribution in [0.4, 0.5) is 0 Å². The van der Waals surface area contributed by atoms with Gasteiger partial charge in [0.2, 0.25) is 0 Å². The van der Waals surface area contributed by atoms with Crippen molar-refractivity contribution in [3.8, 4) is 0 Å². The quantitative estimate of drug-likeness (QED) is 0.482. The van der Waals surface area contributed by atoms with Crippen molar-refractivity contribution in [3.05, 3.63) is 0 Å². The molecule has 1 heterocycles. The molecule has 0 aromatic rings. The fourth-order valence-corrected chi connectivity index (χ4v) is 0.687. The molecule has 1 aliphatic rings. The van der Waals surface area contributed by atoms with Crippen LogP contribution in [0.3, 0.4) is 0 Å². The third kappa shape index (κ3) is 3.10. The molecule has 7 heavy (non-hydrogen) atoms. The largest absolute Gasteiger partial charge is 0.381 e. The average molecular weight is 165 g/mol. The number of hydrogen-bond donors (Lipinski definition) is 0. The first kappa shape index (κ1) is 7.48. The van der Waals surface area contributed by atoms with Crippen LogP contribution in [0.25, 0.3) is 0 Å². The molecule has 2 radical (unpaired) electrons. The summed E-state index contributed by atoms with van der Waals surface area (Å²) in [5.74, 6) is 0. The Balaban J connectivity index is 0.000000360. The molecule has 1 aliphatic heterocycles. The maximum Gasteiger partial charge on any atom is 0.0466 e. The summed E-state index contributed by atoms with van der Waals surface area (Å²) in [7, 11) is 0. The van der Waals surface area contributed by atoms with Crippen molar-refractivity contribution in [2.24, 2.45) is 0 Å². The number of rotatable bonds is 0. The summed E-state index contributed by atoms with van der Waals surface area (Å²) in [6.07, 6.45) is 3.93. The molecule has 0 aliphatic carbocycles. The maximum absolute atomic E-state index is 5.07. The van der Waals surface area contributed by atoms with Gasteiger partial charge < -0.3 is 4.74 Å². The fraction of sp³-hybridized carbons (Fsp3) is 1.00. The van der Waals surface area contributed by atoms with Gasteiger partial charge in [-0.25, -0.2) is 0 Å². The predicted molar refractivity (Wildman–Crippen MR) is 30.4 cm³/mol. The van der Waals surface area contributed by atoms with Crippen LogP contribution in [0.5, 0.6) is 0 Å². The summed E-state index contributed by atoms with van der Waals surface area (Å²) in [4.78, 5) is 0. The van der Waals surface area contributed by atoms with Crippen molar-refractivity contribution in [2.75, 3.05) is 13.2 Å². The van der Waals surface area contributed by atoms with E-state index in [4.69, 9.17) is 4.74 Å². The van der Waals surface area contributed by atoms with E-state index in [1.807, 2.05) is 0 Å². The molecule has 1 nitrogen and oxygen atoms in total. The van der Waals surface area contributed by atoms with Gasteiger partial charge >= 0.3 is 0 Å². The molecule has 0 aromatic heterocycles. The van der Waals surface area contributed by atoms with E-state index in [0.717, 1.165) is 13.2 Å². The van der Waals surface area contributed by atoms with Crippen molar-refractivity contribution < 1.29 is 4.74 Å². The van der Waals surface area contributed by atoms with Crippen molar-refractivity contribution in [3.63, 3.8) is 0 Å². The molecule has 0 spiro atoms.